The van der Waals surface area contributed by atoms with Crippen LogP contribution >= 0.6 is 24.0 Å². The predicted octanol–water partition coefficient (Wildman–Crippen LogP) is 2.53. The average molecular weight is 365 g/mol. The van der Waals surface area contributed by atoms with Gasteiger partial charge in [-0.2, -0.15) is 0 Å². The molecule has 1 unspecified atom stereocenters. The number of amides is 1. The van der Waals surface area contributed by atoms with Crippen molar-refractivity contribution >= 4 is 29.9 Å². The summed E-state index contributed by atoms with van der Waals surface area (Å²) in [6, 6.07) is 5.25. The molecule has 1 amide bonds. The Labute approximate surface area is 149 Å². The number of benzene rings is 1. The van der Waals surface area contributed by atoms with E-state index in [1.54, 1.807) is 25.1 Å². The molecule has 23 heavy (non-hydrogen) atoms. The molecule has 0 saturated carbocycles. The highest BCUT2D eigenvalue weighted by molar-refractivity contribution is 6.30. The van der Waals surface area contributed by atoms with Crippen molar-refractivity contribution in [3.8, 4) is 5.75 Å². The molecule has 0 aliphatic carbocycles. The van der Waals surface area contributed by atoms with Gasteiger partial charge in [-0.25, -0.2) is 0 Å². The number of nitrogens with one attached hydrogen (secondary N) is 2. The Balaban J connectivity index is 0.00000484. The quantitative estimate of drug-likeness (QED) is 0.695. The molecule has 0 saturated heterocycles. The second-order valence-electron chi connectivity index (χ2n) is 6.32. The van der Waals surface area contributed by atoms with Gasteiger partial charge in [0.1, 0.15) is 5.75 Å². The summed E-state index contributed by atoms with van der Waals surface area (Å²) in [5.74, 6) is 0.428. The van der Waals surface area contributed by atoms with E-state index in [4.69, 9.17) is 16.3 Å². The maximum atomic E-state index is 11.8. The Hall–Kier alpha value is -1.01. The molecule has 0 fully saturated rings. The van der Waals surface area contributed by atoms with E-state index in [-0.39, 0.29) is 30.5 Å². The molecule has 1 aromatic carbocycles. The molecule has 132 valence electrons. The van der Waals surface area contributed by atoms with Crippen molar-refractivity contribution in [2.24, 2.45) is 0 Å². The standard InChI is InChI=1S/C16H25ClN2O3.ClH/c1-11(20)8-18-9-12-7-13(17)5-6-14(12)22-10-15(21)19-16(2,3)4;/h5-7,11,18,20H,8-10H2,1-4H3,(H,19,21);1H. The van der Waals surface area contributed by atoms with Crippen LogP contribution in [0.4, 0.5) is 0 Å². The fourth-order valence-electron chi connectivity index (χ4n) is 1.84. The topological polar surface area (TPSA) is 70.6 Å². The van der Waals surface area contributed by atoms with Gasteiger partial charge >= 0.3 is 0 Å². The van der Waals surface area contributed by atoms with E-state index in [0.29, 0.717) is 23.9 Å². The molecular formula is C16H26Cl2N2O3. The van der Waals surface area contributed by atoms with Gasteiger partial charge in [-0.1, -0.05) is 11.6 Å². The molecule has 0 heterocycles. The number of carbonyl (C=O) groups is 1. The van der Waals surface area contributed by atoms with E-state index in [1.165, 1.54) is 0 Å². The lowest BCUT2D eigenvalue weighted by Crippen LogP contribution is -2.43. The number of rotatable bonds is 7. The Morgan fingerprint density at radius 2 is 2.04 bits per heavy atom. The van der Waals surface area contributed by atoms with Crippen LogP contribution in [0.2, 0.25) is 5.02 Å². The minimum absolute atomic E-state index is 0. The van der Waals surface area contributed by atoms with Crippen molar-refractivity contribution in [3.63, 3.8) is 0 Å². The van der Waals surface area contributed by atoms with Gasteiger partial charge in [0.2, 0.25) is 0 Å². The van der Waals surface area contributed by atoms with Gasteiger partial charge in [0.25, 0.3) is 5.91 Å². The molecule has 1 aromatic rings. The number of hydrogen-bond donors (Lipinski definition) is 3. The third-order valence-electron chi connectivity index (χ3n) is 2.65. The highest BCUT2D eigenvalue weighted by Gasteiger charge is 2.14. The van der Waals surface area contributed by atoms with E-state index in [0.717, 1.165) is 5.56 Å². The van der Waals surface area contributed by atoms with E-state index in [2.05, 4.69) is 10.6 Å². The lowest BCUT2D eigenvalue weighted by molar-refractivity contribution is -0.124. The molecule has 0 radical (unpaired) electrons. The first-order valence-corrected chi connectivity index (χ1v) is 7.66. The van der Waals surface area contributed by atoms with E-state index in [9.17, 15) is 9.90 Å². The van der Waals surface area contributed by atoms with Gasteiger partial charge in [-0.3, -0.25) is 4.79 Å². The fourth-order valence-corrected chi connectivity index (χ4v) is 2.04. The van der Waals surface area contributed by atoms with Crippen molar-refractivity contribution in [1.82, 2.24) is 10.6 Å². The smallest absolute Gasteiger partial charge is 0.258 e. The van der Waals surface area contributed by atoms with Gasteiger partial charge in [0, 0.05) is 29.2 Å². The summed E-state index contributed by atoms with van der Waals surface area (Å²) in [5.41, 5.74) is 0.555. The highest BCUT2D eigenvalue weighted by Crippen LogP contribution is 2.23. The van der Waals surface area contributed by atoms with Crippen LogP contribution in [-0.4, -0.2) is 35.8 Å². The summed E-state index contributed by atoms with van der Waals surface area (Å²) in [6.07, 6.45) is -0.430. The molecule has 5 nitrogen and oxygen atoms in total. The SMILES string of the molecule is CC(O)CNCc1cc(Cl)ccc1OCC(=O)NC(C)(C)C.Cl. The molecular weight excluding hydrogens is 339 g/mol. The molecule has 0 aliphatic heterocycles. The van der Waals surface area contributed by atoms with E-state index >= 15 is 0 Å². The largest absolute Gasteiger partial charge is 0.483 e. The number of halogens is 2. The second kappa shape index (κ2) is 9.98. The summed E-state index contributed by atoms with van der Waals surface area (Å²) in [5, 5.41) is 15.8. The van der Waals surface area contributed by atoms with Crippen LogP contribution in [-0.2, 0) is 11.3 Å². The monoisotopic (exact) mass is 364 g/mol. The molecule has 0 aromatic heterocycles. The lowest BCUT2D eigenvalue weighted by atomic mass is 10.1. The summed E-state index contributed by atoms with van der Waals surface area (Å²) in [7, 11) is 0. The molecule has 1 atom stereocenters. The number of carbonyl (C=O) groups excluding carboxylic acids is 1. The first-order valence-electron chi connectivity index (χ1n) is 7.28. The minimum Gasteiger partial charge on any atom is -0.483 e. The van der Waals surface area contributed by atoms with Crippen LogP contribution in [0.15, 0.2) is 18.2 Å². The summed E-state index contributed by atoms with van der Waals surface area (Å²) < 4.78 is 5.58. The lowest BCUT2D eigenvalue weighted by Gasteiger charge is -2.21. The summed E-state index contributed by atoms with van der Waals surface area (Å²) >= 11 is 6.00. The molecule has 7 heteroatoms. The molecule has 0 bridgehead atoms. The normalized spacial score (nSPS) is 12.3. The Morgan fingerprint density at radius 3 is 2.61 bits per heavy atom. The zero-order valence-electron chi connectivity index (χ0n) is 14.0. The zero-order valence-corrected chi connectivity index (χ0v) is 15.6. The van der Waals surface area contributed by atoms with E-state index in [1.807, 2.05) is 20.8 Å². The number of hydrogen-bond acceptors (Lipinski definition) is 4. The fraction of sp³-hybridized carbons (Fsp3) is 0.562. The third kappa shape index (κ3) is 9.66. The Kier molecular flexibility index (Phi) is 9.54. The summed E-state index contributed by atoms with van der Waals surface area (Å²) in [4.78, 5) is 11.8. The average Bonchev–Trinajstić information content (AvgIpc) is 2.35. The van der Waals surface area contributed by atoms with Crippen LogP contribution < -0.4 is 15.4 Å². The highest BCUT2D eigenvalue weighted by atomic mass is 35.5. The van der Waals surface area contributed by atoms with Crippen LogP contribution in [0.3, 0.4) is 0 Å². The van der Waals surface area contributed by atoms with Gasteiger partial charge in [-0.15, -0.1) is 12.4 Å². The molecule has 0 spiro atoms. The first kappa shape index (κ1) is 22.0. The maximum absolute atomic E-state index is 11.8. The zero-order chi connectivity index (χ0) is 16.8. The van der Waals surface area contributed by atoms with Crippen LogP contribution in [0, 0.1) is 0 Å². The van der Waals surface area contributed by atoms with E-state index < -0.39 is 6.10 Å². The second-order valence-corrected chi connectivity index (χ2v) is 6.76. The summed E-state index contributed by atoms with van der Waals surface area (Å²) in [6.45, 7) is 8.37. The van der Waals surface area contributed by atoms with Crippen molar-refractivity contribution in [2.75, 3.05) is 13.2 Å². The van der Waals surface area contributed by atoms with Crippen LogP contribution in [0.25, 0.3) is 0 Å². The van der Waals surface area contributed by atoms with Crippen molar-refractivity contribution in [2.45, 2.75) is 45.9 Å². The Bertz CT molecular complexity index is 503. The predicted molar refractivity (Wildman–Crippen MR) is 95.5 cm³/mol. The van der Waals surface area contributed by atoms with Crippen LogP contribution in [0.1, 0.15) is 33.3 Å². The van der Waals surface area contributed by atoms with Gasteiger partial charge < -0.3 is 20.5 Å². The number of aliphatic hydroxyl groups excluding tert-OH is 1. The van der Waals surface area contributed by atoms with Crippen LogP contribution in [0.5, 0.6) is 5.75 Å². The third-order valence-corrected chi connectivity index (χ3v) is 2.89. The minimum atomic E-state index is -0.430. The molecule has 1 rings (SSSR count). The van der Waals surface area contributed by atoms with Crippen molar-refractivity contribution in [3.05, 3.63) is 28.8 Å². The molecule has 0 aliphatic rings. The first-order chi connectivity index (χ1) is 10.2. The van der Waals surface area contributed by atoms with Gasteiger partial charge in [0.05, 0.1) is 6.10 Å². The van der Waals surface area contributed by atoms with Crippen molar-refractivity contribution < 1.29 is 14.6 Å². The number of aliphatic hydroxyl groups is 1. The Morgan fingerprint density at radius 1 is 1.39 bits per heavy atom. The number of ether oxygens (including phenoxy) is 1. The maximum Gasteiger partial charge on any atom is 0.258 e. The molecule has 3 N–H and O–H groups in total. The van der Waals surface area contributed by atoms with Gasteiger partial charge in [-0.05, 0) is 45.9 Å². The van der Waals surface area contributed by atoms with Crippen molar-refractivity contribution in [1.29, 1.82) is 0 Å². The van der Waals surface area contributed by atoms with Gasteiger partial charge in [0.15, 0.2) is 6.61 Å².